The Morgan fingerprint density at radius 2 is 1.68 bits per heavy atom. The number of alkyl halides is 6. The van der Waals surface area contributed by atoms with Crippen LogP contribution in [0, 0.1) is 6.92 Å². The number of rotatable bonds is 3. The molecule has 1 aromatic carbocycles. The monoisotopic (exact) mass is 366 g/mol. The fraction of sp³-hybridized carbons (Fsp3) is 0.214. The highest BCUT2D eigenvalue weighted by atomic mass is 19.4. The summed E-state index contributed by atoms with van der Waals surface area (Å²) in [7, 11) is 0. The van der Waals surface area contributed by atoms with Gasteiger partial charge in [0.1, 0.15) is 11.3 Å². The summed E-state index contributed by atoms with van der Waals surface area (Å²) >= 11 is 0. The fourth-order valence-electron chi connectivity index (χ4n) is 1.79. The summed E-state index contributed by atoms with van der Waals surface area (Å²) in [5.41, 5.74) is -3.45. The zero-order chi connectivity index (χ0) is 19.0. The molecule has 134 valence electrons. The van der Waals surface area contributed by atoms with E-state index in [1.54, 1.807) is 0 Å². The molecule has 2 rings (SSSR count). The van der Waals surface area contributed by atoms with Crippen molar-refractivity contribution in [2.75, 3.05) is 0 Å². The highest BCUT2D eigenvalue weighted by Gasteiger charge is 2.35. The van der Waals surface area contributed by atoms with Crippen LogP contribution in [0.25, 0.3) is 0 Å². The van der Waals surface area contributed by atoms with Crippen LogP contribution in [0.2, 0.25) is 0 Å². The van der Waals surface area contributed by atoms with Gasteiger partial charge in [0.25, 0.3) is 5.88 Å². The quantitative estimate of drug-likeness (QED) is 0.820. The van der Waals surface area contributed by atoms with Crippen molar-refractivity contribution in [3.63, 3.8) is 0 Å². The molecule has 5 nitrogen and oxygen atoms in total. The Morgan fingerprint density at radius 1 is 1.04 bits per heavy atom. The predicted molar refractivity (Wildman–Crippen MR) is 70.2 cm³/mol. The third kappa shape index (κ3) is 4.17. The number of aryl methyl sites for hydroxylation is 1. The molecule has 0 amide bonds. The van der Waals surface area contributed by atoms with Crippen LogP contribution in [0.3, 0.4) is 0 Å². The van der Waals surface area contributed by atoms with Crippen molar-refractivity contribution >= 4 is 5.97 Å². The van der Waals surface area contributed by atoms with Crippen molar-refractivity contribution < 1.29 is 41.0 Å². The largest absolute Gasteiger partial charge is 0.477 e. The number of carboxylic acid groups (broad SMARTS) is 1. The minimum absolute atomic E-state index is 0.0205. The van der Waals surface area contributed by atoms with E-state index in [0.717, 1.165) is 12.1 Å². The van der Waals surface area contributed by atoms with Crippen LogP contribution in [0.1, 0.15) is 27.2 Å². The first kappa shape index (κ1) is 18.5. The predicted octanol–water partition coefficient (Wildman–Crippen LogP) is 4.31. The van der Waals surface area contributed by atoms with E-state index < -0.39 is 41.0 Å². The molecule has 1 heterocycles. The van der Waals surface area contributed by atoms with E-state index in [2.05, 4.69) is 10.2 Å². The summed E-state index contributed by atoms with van der Waals surface area (Å²) in [5.74, 6) is -2.74. The molecule has 25 heavy (non-hydrogen) atoms. The van der Waals surface area contributed by atoms with Gasteiger partial charge in [0.05, 0.1) is 5.56 Å². The van der Waals surface area contributed by atoms with E-state index in [-0.39, 0.29) is 17.4 Å². The van der Waals surface area contributed by atoms with Crippen molar-refractivity contribution in [1.29, 1.82) is 0 Å². The van der Waals surface area contributed by atoms with Crippen molar-refractivity contribution in [1.82, 2.24) is 10.2 Å². The maximum absolute atomic E-state index is 12.6. The molecule has 0 aliphatic rings. The standard InChI is InChI=1S/C14H8F6N2O3/c1-6-4-7(13(15,16)17)2-3-9(6)25-11-8(12(23)24)5-10(21-22-11)14(18,19)20/h2-5H,1H3,(H,23,24). The number of carbonyl (C=O) groups is 1. The summed E-state index contributed by atoms with van der Waals surface area (Å²) < 4.78 is 80.6. The molecule has 0 radical (unpaired) electrons. The van der Waals surface area contributed by atoms with Gasteiger partial charge in [0, 0.05) is 0 Å². The van der Waals surface area contributed by atoms with E-state index in [1.165, 1.54) is 6.92 Å². The van der Waals surface area contributed by atoms with Gasteiger partial charge >= 0.3 is 18.3 Å². The lowest BCUT2D eigenvalue weighted by Gasteiger charge is -2.13. The Hall–Kier alpha value is -2.85. The average Bonchev–Trinajstić information content (AvgIpc) is 2.47. The first-order valence-corrected chi connectivity index (χ1v) is 6.43. The fourth-order valence-corrected chi connectivity index (χ4v) is 1.79. The van der Waals surface area contributed by atoms with Gasteiger partial charge in [-0.05, 0) is 36.8 Å². The van der Waals surface area contributed by atoms with E-state index in [4.69, 9.17) is 9.84 Å². The second kappa shape index (κ2) is 6.22. The van der Waals surface area contributed by atoms with Crippen molar-refractivity contribution in [2.24, 2.45) is 0 Å². The number of aromatic carboxylic acids is 1. The van der Waals surface area contributed by atoms with Crippen LogP contribution in [-0.4, -0.2) is 21.3 Å². The van der Waals surface area contributed by atoms with Crippen LogP contribution in [0.5, 0.6) is 11.6 Å². The Bertz CT molecular complexity index is 817. The lowest BCUT2D eigenvalue weighted by Crippen LogP contribution is -2.13. The normalized spacial score (nSPS) is 12.1. The SMILES string of the molecule is Cc1cc(C(F)(F)F)ccc1Oc1nnc(C(F)(F)F)cc1C(=O)O. The Balaban J connectivity index is 2.42. The van der Waals surface area contributed by atoms with Crippen molar-refractivity contribution in [3.05, 3.63) is 46.6 Å². The number of hydrogen-bond donors (Lipinski definition) is 1. The topological polar surface area (TPSA) is 72.3 Å². The Kier molecular flexibility index (Phi) is 4.60. The van der Waals surface area contributed by atoms with Crippen LogP contribution in [0.4, 0.5) is 26.3 Å². The summed E-state index contributed by atoms with van der Waals surface area (Å²) in [5, 5.41) is 14.9. The molecule has 0 saturated heterocycles. The van der Waals surface area contributed by atoms with Crippen molar-refractivity contribution in [2.45, 2.75) is 19.3 Å². The molecule has 0 saturated carbocycles. The number of halogens is 6. The molecular formula is C14H8F6N2O3. The minimum atomic E-state index is -4.92. The number of nitrogens with zero attached hydrogens (tertiary/aromatic N) is 2. The molecule has 0 fully saturated rings. The van der Waals surface area contributed by atoms with E-state index in [0.29, 0.717) is 6.07 Å². The number of carboxylic acids is 1. The number of ether oxygens (including phenoxy) is 1. The summed E-state index contributed by atoms with van der Waals surface area (Å²) in [6.45, 7) is 1.25. The van der Waals surface area contributed by atoms with Gasteiger partial charge in [-0.1, -0.05) is 0 Å². The number of hydrogen-bond acceptors (Lipinski definition) is 4. The van der Waals surface area contributed by atoms with Gasteiger partial charge < -0.3 is 9.84 Å². The zero-order valence-electron chi connectivity index (χ0n) is 12.2. The van der Waals surface area contributed by atoms with Crippen LogP contribution in [0.15, 0.2) is 24.3 Å². The highest BCUT2D eigenvalue weighted by molar-refractivity contribution is 5.90. The Labute approximate surface area is 135 Å². The molecular weight excluding hydrogens is 358 g/mol. The first-order chi connectivity index (χ1) is 11.4. The molecule has 1 aromatic heterocycles. The van der Waals surface area contributed by atoms with E-state index >= 15 is 0 Å². The first-order valence-electron chi connectivity index (χ1n) is 6.43. The second-order valence-electron chi connectivity index (χ2n) is 4.83. The van der Waals surface area contributed by atoms with Gasteiger partial charge in [-0.15, -0.1) is 10.2 Å². The second-order valence-corrected chi connectivity index (χ2v) is 4.83. The molecule has 11 heteroatoms. The summed E-state index contributed by atoms with van der Waals surface area (Å²) in [6.07, 6.45) is -9.51. The lowest BCUT2D eigenvalue weighted by atomic mass is 10.1. The van der Waals surface area contributed by atoms with Crippen LogP contribution >= 0.6 is 0 Å². The number of aromatic nitrogens is 2. The van der Waals surface area contributed by atoms with Gasteiger partial charge in [0.15, 0.2) is 5.69 Å². The third-order valence-corrected chi connectivity index (χ3v) is 2.99. The molecule has 0 bridgehead atoms. The Morgan fingerprint density at radius 3 is 2.16 bits per heavy atom. The smallest absolute Gasteiger partial charge is 0.435 e. The van der Waals surface area contributed by atoms with Crippen molar-refractivity contribution in [3.8, 4) is 11.6 Å². The average molecular weight is 366 g/mol. The molecule has 0 spiro atoms. The van der Waals surface area contributed by atoms with E-state index in [1.807, 2.05) is 0 Å². The lowest BCUT2D eigenvalue weighted by molar-refractivity contribution is -0.141. The molecule has 2 aromatic rings. The van der Waals surface area contributed by atoms with Gasteiger partial charge in [-0.25, -0.2) is 4.79 Å². The molecule has 0 aliphatic heterocycles. The highest BCUT2D eigenvalue weighted by Crippen LogP contribution is 2.35. The molecule has 0 unspecified atom stereocenters. The summed E-state index contributed by atoms with van der Waals surface area (Å²) in [4.78, 5) is 11.1. The molecule has 1 N–H and O–H groups in total. The van der Waals surface area contributed by atoms with Gasteiger partial charge in [-0.2, -0.15) is 26.3 Å². The molecule has 0 aliphatic carbocycles. The van der Waals surface area contributed by atoms with Gasteiger partial charge in [0.2, 0.25) is 0 Å². The summed E-state index contributed by atoms with van der Waals surface area (Å²) in [6, 6.07) is 2.56. The maximum Gasteiger partial charge on any atom is 0.435 e. The maximum atomic E-state index is 12.6. The van der Waals surface area contributed by atoms with Crippen LogP contribution in [-0.2, 0) is 12.4 Å². The van der Waals surface area contributed by atoms with Crippen LogP contribution < -0.4 is 4.74 Å². The van der Waals surface area contributed by atoms with Gasteiger partial charge in [-0.3, -0.25) is 0 Å². The third-order valence-electron chi connectivity index (χ3n) is 2.99. The zero-order valence-corrected chi connectivity index (χ0v) is 12.2. The minimum Gasteiger partial charge on any atom is -0.477 e. The molecule has 0 atom stereocenters. The number of benzene rings is 1. The van der Waals surface area contributed by atoms with E-state index in [9.17, 15) is 31.1 Å².